The second-order valence-corrected chi connectivity index (χ2v) is 15.5. The van der Waals surface area contributed by atoms with Gasteiger partial charge in [-0.1, -0.05) is 166 Å². The Morgan fingerprint density at radius 3 is 0.882 bits per heavy atom. The molecule has 4 nitrogen and oxygen atoms in total. The molecule has 0 aliphatic heterocycles. The van der Waals surface area contributed by atoms with Crippen LogP contribution in [0.15, 0.2) is 48.5 Å². The molecule has 0 amide bonds. The number of quaternary nitrogens is 1. The van der Waals surface area contributed by atoms with Crippen LogP contribution in [0.4, 0.5) is 0 Å². The maximum absolute atomic E-state index is 11.6. The largest absolute Gasteiger partial charge is 0.808 e. The first kappa shape index (κ1) is 47.0. The molecule has 0 saturated heterocycles. The summed E-state index contributed by atoms with van der Waals surface area (Å²) >= 11 is 0. The molecule has 51 heavy (non-hydrogen) atoms. The van der Waals surface area contributed by atoms with Crippen LogP contribution < -0.4 is 14.3 Å². The third-order valence-electron chi connectivity index (χ3n) is 10.5. The summed E-state index contributed by atoms with van der Waals surface area (Å²) in [5.41, 5.74) is 2.23. The summed E-state index contributed by atoms with van der Waals surface area (Å²) in [7, 11) is -1.56. The molecule has 0 heterocycles. The minimum atomic E-state index is -1.56. The Bertz CT molecular complexity index is 895. The predicted molar refractivity (Wildman–Crippen MR) is 223 cm³/mol. The molecule has 2 aromatic carbocycles. The van der Waals surface area contributed by atoms with Gasteiger partial charge in [-0.2, -0.15) is 0 Å². The van der Waals surface area contributed by atoms with E-state index in [1.165, 1.54) is 185 Å². The molecule has 0 N–H and O–H groups in total. The molecule has 0 radical (unpaired) electrons. The number of hydrogen-bond donors (Lipinski definition) is 0. The van der Waals surface area contributed by atoms with Crippen molar-refractivity contribution in [2.45, 2.75) is 196 Å². The summed E-state index contributed by atoms with van der Waals surface area (Å²) in [6.45, 7) is 19.2. The number of aryl methyl sites for hydroxylation is 2. The molecule has 0 unspecified atom stereocenters. The summed E-state index contributed by atoms with van der Waals surface area (Å²) in [6, 6.07) is 14.5. The van der Waals surface area contributed by atoms with Gasteiger partial charge in [0.15, 0.2) is 0 Å². The first-order chi connectivity index (χ1) is 24.9. The van der Waals surface area contributed by atoms with Gasteiger partial charge in [-0.3, -0.25) is 0 Å². The quantitative estimate of drug-likeness (QED) is 0.0432. The van der Waals surface area contributed by atoms with E-state index in [9.17, 15) is 5.02 Å². The predicted octanol–water partition coefficient (Wildman–Crippen LogP) is 13.4. The lowest BCUT2D eigenvalue weighted by molar-refractivity contribution is -0.929. The highest BCUT2D eigenvalue weighted by molar-refractivity contribution is 6.34. The fraction of sp³-hybridized carbons (Fsp3) is 0.739. The summed E-state index contributed by atoms with van der Waals surface area (Å²) in [4.78, 5) is 0. The number of hydrogen-bond acceptors (Lipinski definition) is 3. The van der Waals surface area contributed by atoms with Gasteiger partial charge in [-0.25, -0.2) is 0 Å². The van der Waals surface area contributed by atoms with Gasteiger partial charge >= 0.3 is 7.32 Å². The van der Waals surface area contributed by atoms with Crippen molar-refractivity contribution in [2.75, 3.05) is 26.2 Å². The first-order valence-corrected chi connectivity index (χ1v) is 21.9. The molecule has 0 spiro atoms. The Kier molecular flexibility index (Phi) is 30.1. The Hall–Kier alpha value is -1.98. The maximum atomic E-state index is 11.6. The minimum Gasteiger partial charge on any atom is -0.808 e. The van der Waals surface area contributed by atoms with Crippen molar-refractivity contribution in [1.82, 2.24) is 0 Å². The smallest absolute Gasteiger partial charge is 0.492 e. The molecule has 292 valence electrons. The highest BCUT2D eigenvalue weighted by atomic mass is 16.7. The van der Waals surface area contributed by atoms with Gasteiger partial charge in [-0.05, 0) is 89.5 Å². The zero-order chi connectivity index (χ0) is 37.3. The first-order valence-electron chi connectivity index (χ1n) is 21.9. The van der Waals surface area contributed by atoms with E-state index in [1.807, 2.05) is 38.1 Å². The van der Waals surface area contributed by atoms with Crippen molar-refractivity contribution < 1.29 is 18.8 Å². The molecule has 0 aromatic heterocycles. The minimum absolute atomic E-state index is 0.507. The van der Waals surface area contributed by atoms with E-state index in [0.717, 1.165) is 11.1 Å². The zero-order valence-electron chi connectivity index (χ0n) is 34.7. The summed E-state index contributed by atoms with van der Waals surface area (Å²) in [5, 5.41) is 11.6. The Morgan fingerprint density at radius 1 is 0.392 bits per heavy atom. The highest BCUT2D eigenvalue weighted by Gasteiger charge is 2.25. The number of rotatable bonds is 32. The van der Waals surface area contributed by atoms with Gasteiger partial charge in [0.25, 0.3) is 0 Å². The molecule has 0 bridgehead atoms. The Morgan fingerprint density at radius 2 is 0.627 bits per heavy atom. The monoisotopic (exact) mass is 708 g/mol. The average molecular weight is 708 g/mol. The van der Waals surface area contributed by atoms with Crippen LogP contribution in [-0.2, 0) is 0 Å². The number of unbranched alkanes of at least 4 members (excludes halogenated alkanes) is 20. The molecule has 2 rings (SSSR count). The molecule has 2 aromatic rings. The molecular formula is C46H82BNO3. The Labute approximate surface area is 318 Å². The number of nitrogens with zero attached hydrogens (tertiary/aromatic N) is 1. The number of benzene rings is 2. The van der Waals surface area contributed by atoms with Crippen molar-refractivity contribution >= 4 is 7.32 Å². The van der Waals surface area contributed by atoms with Crippen LogP contribution in [0.5, 0.6) is 11.5 Å². The molecule has 0 aliphatic rings. The van der Waals surface area contributed by atoms with Crippen LogP contribution in [0.3, 0.4) is 0 Å². The molecule has 0 fully saturated rings. The summed E-state index contributed by atoms with van der Waals surface area (Å²) in [6.07, 6.45) is 34.8. The second-order valence-electron chi connectivity index (χ2n) is 15.5. The molecule has 0 saturated carbocycles. The third kappa shape index (κ3) is 26.4. The highest BCUT2D eigenvalue weighted by Crippen LogP contribution is 2.21. The fourth-order valence-corrected chi connectivity index (χ4v) is 7.06. The van der Waals surface area contributed by atoms with Gasteiger partial charge in [-0.15, -0.1) is 0 Å². The van der Waals surface area contributed by atoms with E-state index in [4.69, 9.17) is 9.31 Å². The molecular weight excluding hydrogens is 625 g/mol. The zero-order valence-corrected chi connectivity index (χ0v) is 34.7. The van der Waals surface area contributed by atoms with Crippen LogP contribution >= 0.6 is 0 Å². The van der Waals surface area contributed by atoms with Crippen molar-refractivity contribution in [2.24, 2.45) is 0 Å². The Balaban J connectivity index is 0.000000600. The van der Waals surface area contributed by atoms with Crippen LogP contribution in [0.25, 0.3) is 0 Å². The van der Waals surface area contributed by atoms with Crippen LogP contribution in [-0.4, -0.2) is 38.0 Å². The van der Waals surface area contributed by atoms with E-state index in [0.29, 0.717) is 11.5 Å². The molecule has 0 atom stereocenters. The van der Waals surface area contributed by atoms with E-state index in [1.54, 1.807) is 24.3 Å². The normalized spacial score (nSPS) is 11.3. The average Bonchev–Trinajstić information content (AvgIpc) is 3.13. The van der Waals surface area contributed by atoms with E-state index in [2.05, 4.69) is 27.7 Å². The van der Waals surface area contributed by atoms with E-state index < -0.39 is 7.32 Å². The van der Waals surface area contributed by atoms with Crippen LogP contribution in [0.2, 0.25) is 0 Å². The van der Waals surface area contributed by atoms with Gasteiger partial charge in [0, 0.05) is 0 Å². The standard InChI is InChI=1S/C32H68N.C14H14BO3/c1-5-9-13-17-21-25-29-33(30-26-22-18-14-10-6-2,31-27-23-19-15-11-7-3)32-28-24-20-16-12-8-4;1-11-3-7-13(8-4-11)17-15(16)18-14-9-5-12(2)6-10-14/h5-32H2,1-4H3;3-10H,1-2H3/q+1;-1. The lowest BCUT2D eigenvalue weighted by Crippen LogP contribution is -2.50. The lowest BCUT2D eigenvalue weighted by atomic mass is 10.0. The van der Waals surface area contributed by atoms with Gasteiger partial charge < -0.3 is 18.8 Å². The van der Waals surface area contributed by atoms with E-state index in [-0.39, 0.29) is 0 Å². The van der Waals surface area contributed by atoms with Crippen molar-refractivity contribution in [3.05, 3.63) is 59.7 Å². The van der Waals surface area contributed by atoms with Crippen molar-refractivity contribution in [3.8, 4) is 11.5 Å². The molecule has 0 aliphatic carbocycles. The lowest BCUT2D eigenvalue weighted by Gasteiger charge is -2.40. The molecule has 5 heteroatoms. The van der Waals surface area contributed by atoms with Crippen LogP contribution in [0.1, 0.15) is 193 Å². The van der Waals surface area contributed by atoms with Crippen molar-refractivity contribution in [1.29, 1.82) is 0 Å². The van der Waals surface area contributed by atoms with Gasteiger partial charge in [0.05, 0.1) is 26.2 Å². The maximum Gasteiger partial charge on any atom is 0.492 e. The fourth-order valence-electron chi connectivity index (χ4n) is 7.06. The van der Waals surface area contributed by atoms with Crippen molar-refractivity contribution in [3.63, 3.8) is 0 Å². The second kappa shape index (κ2) is 32.7. The summed E-state index contributed by atoms with van der Waals surface area (Å²) in [5.74, 6) is 1.01. The topological polar surface area (TPSA) is 41.5 Å². The van der Waals surface area contributed by atoms with Crippen LogP contribution in [0, 0.1) is 13.8 Å². The third-order valence-corrected chi connectivity index (χ3v) is 10.5. The van der Waals surface area contributed by atoms with Gasteiger partial charge in [0.1, 0.15) is 11.5 Å². The SMILES string of the molecule is CCCCCCCC[N+](CCCCCCCC)(CCCCCCCC)CCCCCCCC.Cc1ccc(OB([O-])Oc2ccc(C)cc2)cc1. The van der Waals surface area contributed by atoms with Gasteiger partial charge in [0.2, 0.25) is 0 Å². The summed E-state index contributed by atoms with van der Waals surface area (Å²) < 4.78 is 11.7. The van der Waals surface area contributed by atoms with E-state index >= 15 is 0 Å².